The van der Waals surface area contributed by atoms with E-state index in [1.807, 2.05) is 44.2 Å². The lowest BCUT2D eigenvalue weighted by Gasteiger charge is -2.25. The molecule has 6 nitrogen and oxygen atoms in total. The lowest BCUT2D eigenvalue weighted by atomic mass is 9.83. The third kappa shape index (κ3) is 2.64. The molecule has 2 amide bonds. The van der Waals surface area contributed by atoms with Gasteiger partial charge in [0.25, 0.3) is 5.91 Å². The maximum absolute atomic E-state index is 12.4. The Morgan fingerprint density at radius 3 is 2.60 bits per heavy atom. The van der Waals surface area contributed by atoms with Gasteiger partial charge in [-0.2, -0.15) is 0 Å². The number of carbonyl (C=O) groups is 2. The van der Waals surface area contributed by atoms with Crippen LogP contribution in [-0.2, 0) is 10.3 Å². The zero-order chi connectivity index (χ0) is 14.8. The average molecular weight is 275 g/mol. The summed E-state index contributed by atoms with van der Waals surface area (Å²) >= 11 is 0. The first-order valence-electron chi connectivity index (χ1n) is 6.41. The van der Waals surface area contributed by atoms with Gasteiger partial charge in [-0.3, -0.25) is 15.4 Å². The van der Waals surface area contributed by atoms with E-state index in [-0.39, 0.29) is 17.8 Å². The van der Waals surface area contributed by atoms with E-state index in [2.05, 4.69) is 15.6 Å². The summed E-state index contributed by atoms with van der Waals surface area (Å²) in [7, 11) is 0. The highest BCUT2D eigenvalue weighted by molar-refractivity contribution is 6.11. The molecule has 1 heterocycles. The topological polar surface area (TPSA) is 90.8 Å². The van der Waals surface area contributed by atoms with Gasteiger partial charge in [0, 0.05) is 0 Å². The molecular formula is C14H17N3O3. The Balaban J connectivity index is 2.45. The van der Waals surface area contributed by atoms with Gasteiger partial charge in [-0.15, -0.1) is 0 Å². The molecule has 0 aliphatic carbocycles. The molecule has 3 N–H and O–H groups in total. The molecular weight excluding hydrogens is 258 g/mol. The Morgan fingerprint density at radius 2 is 2.05 bits per heavy atom. The molecule has 1 atom stereocenters. The van der Waals surface area contributed by atoms with Crippen LogP contribution in [0.15, 0.2) is 35.3 Å². The largest absolute Gasteiger partial charge is 0.465 e. The van der Waals surface area contributed by atoms with Crippen LogP contribution in [0.3, 0.4) is 0 Å². The number of amides is 2. The van der Waals surface area contributed by atoms with Crippen molar-refractivity contribution in [2.75, 3.05) is 0 Å². The minimum Gasteiger partial charge on any atom is -0.465 e. The Kier molecular flexibility index (Phi) is 3.74. The number of nitrogens with zero attached hydrogens (tertiary/aromatic N) is 1. The number of guanidine groups is 1. The molecule has 0 bridgehead atoms. The molecule has 106 valence electrons. The fourth-order valence-electron chi connectivity index (χ4n) is 2.40. The molecule has 1 aromatic rings. The van der Waals surface area contributed by atoms with Crippen molar-refractivity contribution in [2.24, 2.45) is 10.9 Å². The monoisotopic (exact) mass is 275 g/mol. The molecule has 6 heteroatoms. The molecule has 0 fully saturated rings. The second kappa shape index (κ2) is 5.32. The van der Waals surface area contributed by atoms with E-state index >= 15 is 0 Å². The number of carboxylic acid groups (broad SMARTS) is 1. The third-order valence-electron chi connectivity index (χ3n) is 3.09. The first-order chi connectivity index (χ1) is 9.44. The van der Waals surface area contributed by atoms with E-state index < -0.39 is 11.6 Å². The van der Waals surface area contributed by atoms with Gasteiger partial charge in [-0.05, 0) is 17.9 Å². The molecule has 0 radical (unpaired) electrons. The SMILES string of the molecule is CC(C)CC1(c2ccccc2)N=C(NC(=O)O)NC1=O. The highest BCUT2D eigenvalue weighted by Crippen LogP contribution is 2.35. The average Bonchev–Trinajstić information content (AvgIpc) is 2.66. The van der Waals surface area contributed by atoms with Crippen molar-refractivity contribution in [3.8, 4) is 0 Å². The molecule has 1 aliphatic rings. The highest BCUT2D eigenvalue weighted by Gasteiger charge is 2.45. The number of aliphatic imine (C=N–C) groups is 1. The first kappa shape index (κ1) is 14.0. The van der Waals surface area contributed by atoms with E-state index in [0.717, 1.165) is 5.56 Å². The van der Waals surface area contributed by atoms with Crippen LogP contribution in [0.25, 0.3) is 0 Å². The first-order valence-corrected chi connectivity index (χ1v) is 6.41. The second-order valence-corrected chi connectivity index (χ2v) is 5.17. The summed E-state index contributed by atoms with van der Waals surface area (Å²) in [5, 5.41) is 13.3. The number of benzene rings is 1. The van der Waals surface area contributed by atoms with E-state index in [9.17, 15) is 9.59 Å². The molecule has 20 heavy (non-hydrogen) atoms. The minimum absolute atomic E-state index is 0.0213. The fourth-order valence-corrected chi connectivity index (χ4v) is 2.40. The van der Waals surface area contributed by atoms with Gasteiger partial charge < -0.3 is 5.11 Å². The number of hydrogen-bond acceptors (Lipinski definition) is 3. The lowest BCUT2D eigenvalue weighted by Crippen LogP contribution is -2.42. The predicted octanol–water partition coefficient (Wildman–Crippen LogP) is 1.68. The maximum Gasteiger partial charge on any atom is 0.411 e. The zero-order valence-electron chi connectivity index (χ0n) is 11.4. The third-order valence-corrected chi connectivity index (χ3v) is 3.09. The quantitative estimate of drug-likeness (QED) is 0.783. The molecule has 2 rings (SSSR count). The Bertz CT molecular complexity index is 554. The lowest BCUT2D eigenvalue weighted by molar-refractivity contribution is -0.124. The van der Waals surface area contributed by atoms with Crippen LogP contribution in [0.1, 0.15) is 25.8 Å². The summed E-state index contributed by atoms with van der Waals surface area (Å²) in [6, 6.07) is 9.19. The smallest absolute Gasteiger partial charge is 0.411 e. The number of hydrogen-bond donors (Lipinski definition) is 3. The summed E-state index contributed by atoms with van der Waals surface area (Å²) in [5.74, 6) is -0.0953. The van der Waals surface area contributed by atoms with Crippen molar-refractivity contribution in [1.82, 2.24) is 10.6 Å². The molecule has 0 spiro atoms. The summed E-state index contributed by atoms with van der Waals surface area (Å²) in [6.45, 7) is 3.99. The maximum atomic E-state index is 12.4. The normalized spacial score (nSPS) is 21.6. The Morgan fingerprint density at radius 1 is 1.40 bits per heavy atom. The number of carbonyl (C=O) groups excluding carboxylic acids is 1. The van der Waals surface area contributed by atoms with Crippen LogP contribution < -0.4 is 10.6 Å². The summed E-state index contributed by atoms with van der Waals surface area (Å²) < 4.78 is 0. The van der Waals surface area contributed by atoms with Crippen molar-refractivity contribution in [3.05, 3.63) is 35.9 Å². The van der Waals surface area contributed by atoms with Crippen molar-refractivity contribution in [1.29, 1.82) is 0 Å². The van der Waals surface area contributed by atoms with E-state index in [0.29, 0.717) is 6.42 Å². The van der Waals surface area contributed by atoms with E-state index in [1.165, 1.54) is 0 Å². The standard InChI is InChI=1S/C14H17N3O3/c1-9(2)8-14(10-6-4-3-5-7-10)11(18)15-12(17-14)16-13(19)20/h3-7,9H,8H2,1-2H3,(H,19,20)(H2,15,16,17,18). The predicted molar refractivity (Wildman–Crippen MR) is 74.3 cm³/mol. The van der Waals surface area contributed by atoms with Crippen molar-refractivity contribution < 1.29 is 14.7 Å². The van der Waals surface area contributed by atoms with Crippen molar-refractivity contribution in [3.63, 3.8) is 0 Å². The molecule has 1 unspecified atom stereocenters. The van der Waals surface area contributed by atoms with Gasteiger partial charge in [0.1, 0.15) is 0 Å². The van der Waals surface area contributed by atoms with Crippen LogP contribution in [0.2, 0.25) is 0 Å². The van der Waals surface area contributed by atoms with Gasteiger partial charge in [-0.25, -0.2) is 9.79 Å². The minimum atomic E-state index is -1.25. The molecule has 1 aliphatic heterocycles. The van der Waals surface area contributed by atoms with Gasteiger partial charge in [0.05, 0.1) is 0 Å². The zero-order valence-corrected chi connectivity index (χ0v) is 11.4. The highest BCUT2D eigenvalue weighted by atomic mass is 16.4. The Hall–Kier alpha value is -2.37. The second-order valence-electron chi connectivity index (χ2n) is 5.17. The van der Waals surface area contributed by atoms with Crippen LogP contribution in [0, 0.1) is 5.92 Å². The summed E-state index contributed by atoms with van der Waals surface area (Å²) in [5.41, 5.74) is -0.305. The molecule has 0 aromatic heterocycles. The van der Waals surface area contributed by atoms with Crippen LogP contribution in [-0.4, -0.2) is 23.1 Å². The van der Waals surface area contributed by atoms with Crippen molar-refractivity contribution >= 4 is 18.0 Å². The van der Waals surface area contributed by atoms with Gasteiger partial charge in [0.2, 0.25) is 5.96 Å². The summed E-state index contributed by atoms with van der Waals surface area (Å²) in [4.78, 5) is 27.4. The van der Waals surface area contributed by atoms with Crippen LogP contribution >= 0.6 is 0 Å². The van der Waals surface area contributed by atoms with Gasteiger partial charge >= 0.3 is 6.09 Å². The van der Waals surface area contributed by atoms with Crippen molar-refractivity contribution in [2.45, 2.75) is 25.8 Å². The molecule has 0 saturated carbocycles. The summed E-state index contributed by atoms with van der Waals surface area (Å²) in [6.07, 6.45) is -0.745. The van der Waals surface area contributed by atoms with Gasteiger partial charge in [0.15, 0.2) is 5.54 Å². The molecule has 0 saturated heterocycles. The fraction of sp³-hybridized carbons (Fsp3) is 0.357. The number of rotatable bonds is 3. The van der Waals surface area contributed by atoms with E-state index in [1.54, 1.807) is 0 Å². The number of nitrogens with one attached hydrogen (secondary N) is 2. The van der Waals surface area contributed by atoms with Crippen LogP contribution in [0.5, 0.6) is 0 Å². The Labute approximate surface area is 116 Å². The molecule has 1 aromatic carbocycles. The van der Waals surface area contributed by atoms with E-state index in [4.69, 9.17) is 5.11 Å². The van der Waals surface area contributed by atoms with Crippen LogP contribution in [0.4, 0.5) is 4.79 Å². The van der Waals surface area contributed by atoms with Gasteiger partial charge in [-0.1, -0.05) is 44.2 Å².